The summed E-state index contributed by atoms with van der Waals surface area (Å²) in [6, 6.07) is 18.4. The molecule has 178 valence electrons. The number of nitrogens with one attached hydrogen (secondary N) is 2. The van der Waals surface area contributed by atoms with Crippen molar-refractivity contribution in [3.63, 3.8) is 0 Å². The molecule has 2 atom stereocenters. The Hall–Kier alpha value is -3.50. The molecule has 0 saturated carbocycles. The second-order valence-electron chi connectivity index (χ2n) is 7.95. The monoisotopic (exact) mass is 506 g/mol. The first kappa shape index (κ1) is 23.3. The lowest BCUT2D eigenvalue weighted by Gasteiger charge is -2.49. The number of thioether (sulfide) groups is 2. The molecule has 3 heterocycles. The number of fused-ring (bicyclic) bond motifs is 1. The molecule has 1 aromatic heterocycles. The van der Waals surface area contributed by atoms with E-state index < -0.39 is 18.1 Å². The molecule has 0 aliphatic carbocycles. The van der Waals surface area contributed by atoms with E-state index in [9.17, 15) is 14.4 Å². The van der Waals surface area contributed by atoms with Crippen molar-refractivity contribution < 1.29 is 19.1 Å². The Bertz CT molecular complexity index is 1200. The zero-order valence-electron chi connectivity index (χ0n) is 18.5. The second kappa shape index (κ2) is 10.4. The molecule has 2 N–H and O–H groups in total. The molecular formula is C25H22N4O4S2. The van der Waals surface area contributed by atoms with Gasteiger partial charge in [0.1, 0.15) is 17.1 Å². The summed E-state index contributed by atoms with van der Waals surface area (Å²) in [5.74, 6) is 0.228. The molecule has 2 aliphatic rings. The fraction of sp³-hybridized carbons (Fsp3) is 0.200. The standard InChI is InChI=1S/C25H22N4O4S2/c30-15-26-20-23(31)29-21(19(14-35-24(20)29)34-13-16-11-27-28-12-16)25(32)33-22(17-7-3-1-4-8-17)18-9-5-2-6-10-18/h1-12,15,20,22,24H,13-14H2,(H,26,30)(H,27,28)/t20-,24+/m1/s1. The third kappa shape index (κ3) is 4.71. The minimum absolute atomic E-state index is 0.244. The number of hydrogen-bond donors (Lipinski definition) is 2. The molecule has 0 unspecified atom stereocenters. The molecule has 0 bridgehead atoms. The van der Waals surface area contributed by atoms with Crippen LogP contribution in [0.1, 0.15) is 22.8 Å². The van der Waals surface area contributed by atoms with Crippen LogP contribution in [0.5, 0.6) is 0 Å². The fourth-order valence-electron chi connectivity index (χ4n) is 4.06. The van der Waals surface area contributed by atoms with Crippen LogP contribution in [0.3, 0.4) is 0 Å². The van der Waals surface area contributed by atoms with Crippen molar-refractivity contribution in [1.29, 1.82) is 0 Å². The first-order valence-corrected chi connectivity index (χ1v) is 13.0. The first-order chi connectivity index (χ1) is 17.2. The van der Waals surface area contributed by atoms with E-state index in [0.29, 0.717) is 17.9 Å². The van der Waals surface area contributed by atoms with Crippen molar-refractivity contribution in [3.05, 3.63) is 100 Å². The molecule has 2 aliphatic heterocycles. The number of carbonyl (C=O) groups excluding carboxylic acids is 3. The highest BCUT2D eigenvalue weighted by Crippen LogP contribution is 2.45. The van der Waals surface area contributed by atoms with E-state index in [-0.39, 0.29) is 17.0 Å². The van der Waals surface area contributed by atoms with Crippen molar-refractivity contribution in [3.8, 4) is 0 Å². The minimum atomic E-state index is -0.653. The maximum absolute atomic E-state index is 13.7. The van der Waals surface area contributed by atoms with Crippen LogP contribution in [0.15, 0.2) is 83.7 Å². The summed E-state index contributed by atoms with van der Waals surface area (Å²) >= 11 is 3.00. The first-order valence-electron chi connectivity index (χ1n) is 11.0. The number of amides is 2. The van der Waals surface area contributed by atoms with E-state index in [1.54, 1.807) is 12.4 Å². The lowest BCUT2D eigenvalue weighted by molar-refractivity contribution is -0.154. The van der Waals surface area contributed by atoms with Crippen LogP contribution >= 0.6 is 23.5 Å². The number of ether oxygens (including phenoxy) is 1. The smallest absolute Gasteiger partial charge is 0.356 e. The van der Waals surface area contributed by atoms with Gasteiger partial charge >= 0.3 is 5.97 Å². The number of H-pyrrole nitrogens is 1. The van der Waals surface area contributed by atoms with E-state index in [0.717, 1.165) is 21.6 Å². The molecule has 1 fully saturated rings. The van der Waals surface area contributed by atoms with Crippen LogP contribution in [0.4, 0.5) is 0 Å². The SMILES string of the molecule is O=CN[C@@H]1C(=O)N2C(C(=O)OC(c3ccccc3)c3ccccc3)=C(SCc3cn[nH]c3)CS[C@@H]12. The molecule has 10 heteroatoms. The molecule has 8 nitrogen and oxygen atoms in total. The molecule has 0 radical (unpaired) electrons. The summed E-state index contributed by atoms with van der Waals surface area (Å²) in [6.45, 7) is 0. The zero-order chi connectivity index (χ0) is 24.2. The van der Waals surface area contributed by atoms with Crippen LogP contribution < -0.4 is 5.32 Å². The number of aromatic amines is 1. The number of hydrogen-bond acceptors (Lipinski definition) is 7. The molecule has 5 rings (SSSR count). The van der Waals surface area contributed by atoms with E-state index in [1.807, 2.05) is 60.7 Å². The molecule has 3 aromatic rings. The van der Waals surface area contributed by atoms with E-state index in [1.165, 1.54) is 28.4 Å². The molecule has 0 spiro atoms. The predicted octanol–water partition coefficient (Wildman–Crippen LogP) is 3.22. The Labute approximate surface area is 210 Å². The Kier molecular flexibility index (Phi) is 6.91. The third-order valence-corrected chi connectivity index (χ3v) is 8.40. The lowest BCUT2D eigenvalue weighted by atomic mass is 10.0. The van der Waals surface area contributed by atoms with Gasteiger partial charge in [-0.15, -0.1) is 23.5 Å². The highest BCUT2D eigenvalue weighted by molar-refractivity contribution is 8.05. The summed E-state index contributed by atoms with van der Waals surface area (Å²) < 4.78 is 6.10. The van der Waals surface area contributed by atoms with Gasteiger partial charge in [-0.05, 0) is 11.1 Å². The molecule has 2 aromatic carbocycles. The summed E-state index contributed by atoms with van der Waals surface area (Å²) in [6.07, 6.45) is 3.41. The van der Waals surface area contributed by atoms with Gasteiger partial charge in [0, 0.05) is 28.2 Å². The Morgan fingerprint density at radius 2 is 1.89 bits per heavy atom. The van der Waals surface area contributed by atoms with Gasteiger partial charge in [-0.1, -0.05) is 60.7 Å². The van der Waals surface area contributed by atoms with Gasteiger partial charge in [-0.25, -0.2) is 4.79 Å². The summed E-state index contributed by atoms with van der Waals surface area (Å²) in [5, 5.41) is 8.97. The minimum Gasteiger partial charge on any atom is -0.448 e. The van der Waals surface area contributed by atoms with Crippen LogP contribution in [0.25, 0.3) is 0 Å². The van der Waals surface area contributed by atoms with Crippen LogP contribution in [0.2, 0.25) is 0 Å². The van der Waals surface area contributed by atoms with Gasteiger partial charge in [-0.2, -0.15) is 5.10 Å². The highest BCUT2D eigenvalue weighted by atomic mass is 32.2. The Balaban J connectivity index is 1.47. The Morgan fingerprint density at radius 3 is 2.49 bits per heavy atom. The van der Waals surface area contributed by atoms with E-state index in [4.69, 9.17) is 4.74 Å². The van der Waals surface area contributed by atoms with Crippen molar-refractivity contribution in [2.45, 2.75) is 23.3 Å². The van der Waals surface area contributed by atoms with E-state index >= 15 is 0 Å². The van der Waals surface area contributed by atoms with Gasteiger partial charge in [-0.3, -0.25) is 19.6 Å². The summed E-state index contributed by atoms with van der Waals surface area (Å²) in [7, 11) is 0. The van der Waals surface area contributed by atoms with E-state index in [2.05, 4.69) is 15.5 Å². The number of rotatable bonds is 9. The number of benzene rings is 2. The number of esters is 1. The number of aromatic nitrogens is 2. The van der Waals surface area contributed by atoms with Crippen molar-refractivity contribution in [2.24, 2.45) is 0 Å². The van der Waals surface area contributed by atoms with Crippen molar-refractivity contribution in [1.82, 2.24) is 20.4 Å². The summed E-state index contributed by atoms with van der Waals surface area (Å²) in [4.78, 5) is 39.9. The van der Waals surface area contributed by atoms with Crippen LogP contribution in [-0.2, 0) is 24.9 Å². The van der Waals surface area contributed by atoms with Gasteiger partial charge in [0.05, 0.1) is 6.20 Å². The summed E-state index contributed by atoms with van der Waals surface area (Å²) in [5.41, 5.74) is 2.88. The van der Waals surface area contributed by atoms with Crippen LogP contribution in [0, 0.1) is 0 Å². The van der Waals surface area contributed by atoms with Crippen LogP contribution in [-0.4, -0.2) is 50.6 Å². The average Bonchev–Trinajstić information content (AvgIpc) is 3.43. The molecule has 2 amide bonds. The number of β-lactam (4-membered cyclic amide) rings is 1. The van der Waals surface area contributed by atoms with Gasteiger partial charge < -0.3 is 10.1 Å². The average molecular weight is 507 g/mol. The predicted molar refractivity (Wildman–Crippen MR) is 134 cm³/mol. The largest absolute Gasteiger partial charge is 0.448 e. The number of nitrogens with zero attached hydrogens (tertiary/aromatic N) is 2. The molecular weight excluding hydrogens is 484 g/mol. The molecule has 35 heavy (non-hydrogen) atoms. The van der Waals surface area contributed by atoms with Gasteiger partial charge in [0.15, 0.2) is 6.10 Å². The van der Waals surface area contributed by atoms with Crippen molar-refractivity contribution >= 4 is 41.8 Å². The third-order valence-electron chi connectivity index (χ3n) is 5.77. The Morgan fingerprint density at radius 1 is 1.20 bits per heavy atom. The molecule has 1 saturated heterocycles. The quantitative estimate of drug-likeness (QED) is 0.261. The lowest BCUT2D eigenvalue weighted by Crippen LogP contribution is -2.69. The highest BCUT2D eigenvalue weighted by Gasteiger charge is 2.54. The fourth-order valence-corrected chi connectivity index (χ4v) is 6.62. The topological polar surface area (TPSA) is 104 Å². The maximum atomic E-state index is 13.7. The van der Waals surface area contributed by atoms with Gasteiger partial charge in [0.2, 0.25) is 6.41 Å². The van der Waals surface area contributed by atoms with Crippen molar-refractivity contribution in [2.75, 3.05) is 5.75 Å². The zero-order valence-corrected chi connectivity index (χ0v) is 20.1. The normalized spacial score (nSPS) is 19.2. The maximum Gasteiger partial charge on any atom is 0.356 e. The van der Waals surface area contributed by atoms with Gasteiger partial charge in [0.25, 0.3) is 5.91 Å². The second-order valence-corrected chi connectivity index (χ2v) is 10.1. The number of carbonyl (C=O) groups is 3.